The van der Waals surface area contributed by atoms with E-state index in [1.54, 1.807) is 18.2 Å². The Labute approximate surface area is 146 Å². The molecule has 1 aliphatic heterocycles. The first-order valence-corrected chi connectivity index (χ1v) is 9.39. The summed E-state index contributed by atoms with van der Waals surface area (Å²) in [5, 5.41) is 11.1. The van der Waals surface area contributed by atoms with Crippen LogP contribution in [0.3, 0.4) is 0 Å². The van der Waals surface area contributed by atoms with E-state index in [1.807, 2.05) is 38.1 Å². The molecule has 0 radical (unpaired) electrons. The number of hydrogen-bond acceptors (Lipinski definition) is 5. The number of aryl methyl sites for hydroxylation is 1. The first kappa shape index (κ1) is 15.8. The van der Waals surface area contributed by atoms with Gasteiger partial charge in [-0.2, -0.15) is 0 Å². The van der Waals surface area contributed by atoms with Gasteiger partial charge in [-0.1, -0.05) is 18.2 Å². The fourth-order valence-corrected chi connectivity index (χ4v) is 5.11. The van der Waals surface area contributed by atoms with Gasteiger partial charge in [-0.25, -0.2) is 13.1 Å². The van der Waals surface area contributed by atoms with Crippen LogP contribution in [0, 0.1) is 6.92 Å². The fourth-order valence-electron chi connectivity index (χ4n) is 3.33. The zero-order chi connectivity index (χ0) is 17.6. The lowest BCUT2D eigenvalue weighted by atomic mass is 10.1. The van der Waals surface area contributed by atoms with E-state index < -0.39 is 10.0 Å². The van der Waals surface area contributed by atoms with Crippen LogP contribution in [0.2, 0.25) is 0 Å². The summed E-state index contributed by atoms with van der Waals surface area (Å²) in [5.74, 6) is 0. The highest BCUT2D eigenvalue weighted by atomic mass is 32.2. The van der Waals surface area contributed by atoms with Crippen LogP contribution in [-0.4, -0.2) is 34.7 Å². The van der Waals surface area contributed by atoms with Crippen molar-refractivity contribution in [3.8, 4) is 5.69 Å². The maximum Gasteiger partial charge on any atom is 0.264 e. The van der Waals surface area contributed by atoms with Crippen molar-refractivity contribution in [2.24, 2.45) is 0 Å². The summed E-state index contributed by atoms with van der Waals surface area (Å²) >= 11 is 0. The lowest BCUT2D eigenvalue weighted by Crippen LogP contribution is -2.35. The summed E-state index contributed by atoms with van der Waals surface area (Å²) in [6, 6.07) is 12.5. The highest BCUT2D eigenvalue weighted by molar-refractivity contribution is 7.92. The largest absolute Gasteiger partial charge is 0.264 e. The van der Waals surface area contributed by atoms with Gasteiger partial charge in [0, 0.05) is 6.04 Å². The van der Waals surface area contributed by atoms with Crippen molar-refractivity contribution >= 4 is 15.7 Å². The summed E-state index contributed by atoms with van der Waals surface area (Å²) in [6.45, 7) is 3.78. The highest BCUT2D eigenvalue weighted by Crippen LogP contribution is 2.36. The van der Waals surface area contributed by atoms with E-state index in [4.69, 9.17) is 0 Å². The Morgan fingerprint density at radius 1 is 1.12 bits per heavy atom. The molecule has 0 amide bonds. The van der Waals surface area contributed by atoms with Crippen LogP contribution >= 0.6 is 0 Å². The molecule has 2 aromatic carbocycles. The maximum absolute atomic E-state index is 13.2. The Kier molecular flexibility index (Phi) is 3.57. The average molecular weight is 355 g/mol. The first-order valence-electron chi connectivity index (χ1n) is 7.95. The van der Waals surface area contributed by atoms with Gasteiger partial charge in [0.05, 0.1) is 16.3 Å². The molecular weight excluding hydrogens is 338 g/mol. The number of aromatic nitrogens is 4. The van der Waals surface area contributed by atoms with Crippen molar-refractivity contribution in [1.29, 1.82) is 0 Å². The smallest absolute Gasteiger partial charge is 0.263 e. The van der Waals surface area contributed by atoms with Crippen LogP contribution in [0.15, 0.2) is 53.7 Å². The number of rotatable bonds is 3. The topological polar surface area (TPSA) is 81.0 Å². The Morgan fingerprint density at radius 3 is 2.64 bits per heavy atom. The van der Waals surface area contributed by atoms with E-state index in [0.717, 1.165) is 28.9 Å². The predicted octanol–water partition coefficient (Wildman–Crippen LogP) is 2.11. The third kappa shape index (κ3) is 2.49. The van der Waals surface area contributed by atoms with Crippen molar-refractivity contribution < 1.29 is 8.42 Å². The molecule has 0 saturated heterocycles. The molecule has 0 N–H and O–H groups in total. The van der Waals surface area contributed by atoms with Crippen LogP contribution in [0.25, 0.3) is 5.69 Å². The fraction of sp³-hybridized carbons (Fsp3) is 0.235. The van der Waals surface area contributed by atoms with Gasteiger partial charge in [0.15, 0.2) is 0 Å². The van der Waals surface area contributed by atoms with E-state index >= 15 is 0 Å². The second kappa shape index (κ2) is 5.66. The molecule has 7 nitrogen and oxygen atoms in total. The summed E-state index contributed by atoms with van der Waals surface area (Å²) in [4.78, 5) is 0.269. The molecule has 3 aromatic rings. The van der Waals surface area contributed by atoms with E-state index in [-0.39, 0.29) is 10.9 Å². The van der Waals surface area contributed by atoms with Gasteiger partial charge in [-0.05, 0) is 66.1 Å². The quantitative estimate of drug-likeness (QED) is 0.719. The number of hydrogen-bond donors (Lipinski definition) is 0. The van der Waals surface area contributed by atoms with Gasteiger partial charge >= 0.3 is 0 Å². The number of fused-ring (bicyclic) bond motifs is 1. The molecule has 2 heterocycles. The number of tetrazole rings is 1. The SMILES string of the molecule is Cc1cc(S(=O)(=O)N2c3ccccc3CC2C)ccc1-n1cnnn1. The van der Waals surface area contributed by atoms with Crippen molar-refractivity contribution in [2.45, 2.75) is 31.2 Å². The second-order valence-electron chi connectivity index (χ2n) is 6.19. The Bertz CT molecular complexity index is 1030. The molecule has 1 atom stereocenters. The number of para-hydroxylation sites is 1. The van der Waals surface area contributed by atoms with Crippen LogP contribution in [0.5, 0.6) is 0 Å². The molecule has 1 unspecified atom stereocenters. The Morgan fingerprint density at radius 2 is 1.92 bits per heavy atom. The molecule has 1 aromatic heterocycles. The summed E-state index contributed by atoms with van der Waals surface area (Å²) < 4.78 is 29.5. The standard InChI is InChI=1S/C17H17N5O2S/c1-12-9-15(7-8-16(12)21-11-18-19-20-21)25(23,24)22-13(2)10-14-5-3-4-6-17(14)22/h3-9,11,13H,10H2,1-2H3. The zero-order valence-electron chi connectivity index (χ0n) is 13.9. The molecule has 0 spiro atoms. The van der Waals surface area contributed by atoms with Crippen molar-refractivity contribution in [3.63, 3.8) is 0 Å². The third-order valence-electron chi connectivity index (χ3n) is 4.47. The van der Waals surface area contributed by atoms with E-state index in [0.29, 0.717) is 0 Å². The minimum Gasteiger partial charge on any atom is -0.263 e. The molecule has 128 valence electrons. The van der Waals surface area contributed by atoms with Gasteiger partial charge in [0.2, 0.25) is 0 Å². The maximum atomic E-state index is 13.2. The van der Waals surface area contributed by atoms with Crippen LogP contribution in [0.1, 0.15) is 18.1 Å². The van der Waals surface area contributed by atoms with Crippen molar-refractivity contribution in [1.82, 2.24) is 20.2 Å². The molecule has 1 aliphatic rings. The number of nitrogens with zero attached hydrogens (tertiary/aromatic N) is 5. The van der Waals surface area contributed by atoms with Gasteiger partial charge in [-0.15, -0.1) is 5.10 Å². The molecule has 4 rings (SSSR count). The van der Waals surface area contributed by atoms with Crippen LogP contribution in [0.4, 0.5) is 5.69 Å². The van der Waals surface area contributed by atoms with Gasteiger partial charge in [0.25, 0.3) is 10.0 Å². The van der Waals surface area contributed by atoms with E-state index in [2.05, 4.69) is 15.5 Å². The normalized spacial score (nSPS) is 16.9. The summed E-state index contributed by atoms with van der Waals surface area (Å²) in [5.41, 5.74) is 3.35. The first-order chi connectivity index (χ1) is 12.0. The van der Waals surface area contributed by atoms with E-state index in [1.165, 1.54) is 15.3 Å². The molecule has 0 saturated carbocycles. The molecule has 0 fully saturated rings. The van der Waals surface area contributed by atoms with Crippen molar-refractivity contribution in [2.75, 3.05) is 4.31 Å². The molecule has 0 aliphatic carbocycles. The Hall–Kier alpha value is -2.74. The molecular formula is C17H17N5O2S. The number of anilines is 1. The van der Waals surface area contributed by atoms with Gasteiger partial charge in [-0.3, -0.25) is 4.31 Å². The minimum absolute atomic E-state index is 0.109. The lowest BCUT2D eigenvalue weighted by Gasteiger charge is -2.24. The molecule has 0 bridgehead atoms. The zero-order valence-corrected chi connectivity index (χ0v) is 14.7. The van der Waals surface area contributed by atoms with Crippen LogP contribution < -0.4 is 4.31 Å². The lowest BCUT2D eigenvalue weighted by molar-refractivity contribution is 0.584. The van der Waals surface area contributed by atoms with Crippen molar-refractivity contribution in [3.05, 3.63) is 59.9 Å². The number of benzene rings is 2. The monoisotopic (exact) mass is 355 g/mol. The summed E-state index contributed by atoms with van der Waals surface area (Å²) in [7, 11) is -3.64. The highest BCUT2D eigenvalue weighted by Gasteiger charge is 2.35. The van der Waals surface area contributed by atoms with Gasteiger partial charge < -0.3 is 0 Å². The number of sulfonamides is 1. The Balaban J connectivity index is 1.78. The minimum atomic E-state index is -3.64. The summed E-state index contributed by atoms with van der Waals surface area (Å²) in [6.07, 6.45) is 2.20. The molecule has 8 heteroatoms. The third-order valence-corrected chi connectivity index (χ3v) is 6.39. The average Bonchev–Trinajstić information content (AvgIpc) is 3.21. The van der Waals surface area contributed by atoms with Crippen LogP contribution in [-0.2, 0) is 16.4 Å². The molecule has 25 heavy (non-hydrogen) atoms. The predicted molar refractivity (Wildman–Crippen MR) is 93.2 cm³/mol. The van der Waals surface area contributed by atoms with E-state index in [9.17, 15) is 8.42 Å². The second-order valence-corrected chi connectivity index (χ2v) is 8.00. The van der Waals surface area contributed by atoms with Gasteiger partial charge in [0.1, 0.15) is 6.33 Å².